The summed E-state index contributed by atoms with van der Waals surface area (Å²) in [5.74, 6) is 1.76. The minimum atomic E-state index is -0.0123. The quantitative estimate of drug-likeness (QED) is 0.397. The number of anilines is 1. The first-order valence-electron chi connectivity index (χ1n) is 11.7. The topological polar surface area (TPSA) is 84.2 Å². The first-order valence-corrected chi connectivity index (χ1v) is 12.1. The molecule has 1 aliphatic heterocycles. The van der Waals surface area contributed by atoms with Crippen molar-refractivity contribution in [3.05, 3.63) is 83.0 Å². The molecule has 0 spiro atoms. The van der Waals surface area contributed by atoms with E-state index in [-0.39, 0.29) is 11.8 Å². The molecular formula is C27H26ClN5O2. The van der Waals surface area contributed by atoms with Crippen LogP contribution in [-0.2, 0) is 11.3 Å². The number of carbonyl (C=O) groups excluding carboxylic acids is 1. The summed E-state index contributed by atoms with van der Waals surface area (Å²) < 4.78 is 5.58. The third-order valence-corrected chi connectivity index (χ3v) is 6.51. The Kier molecular flexibility index (Phi) is 6.77. The summed E-state index contributed by atoms with van der Waals surface area (Å²) in [7, 11) is 0. The average Bonchev–Trinajstić information content (AvgIpc) is 3.39. The van der Waals surface area contributed by atoms with E-state index in [2.05, 4.69) is 56.5 Å². The molecule has 3 heterocycles. The average molecular weight is 488 g/mol. The summed E-state index contributed by atoms with van der Waals surface area (Å²) in [6.07, 6.45) is 3.27. The lowest BCUT2D eigenvalue weighted by Gasteiger charge is -2.32. The van der Waals surface area contributed by atoms with E-state index in [4.69, 9.17) is 16.1 Å². The van der Waals surface area contributed by atoms with Gasteiger partial charge in [-0.3, -0.25) is 4.79 Å². The van der Waals surface area contributed by atoms with Crippen LogP contribution in [0.4, 0.5) is 5.82 Å². The molecule has 0 unspecified atom stereocenters. The maximum Gasteiger partial charge on any atom is 0.261 e. The number of aryl methyl sites for hydroxylation is 1. The second-order valence-corrected chi connectivity index (χ2v) is 9.21. The fraction of sp³-hybridized carbons (Fsp3) is 0.259. The minimum absolute atomic E-state index is 0.0123. The van der Waals surface area contributed by atoms with Gasteiger partial charge in [0.15, 0.2) is 0 Å². The second-order valence-electron chi connectivity index (χ2n) is 8.77. The van der Waals surface area contributed by atoms with E-state index >= 15 is 0 Å². The van der Waals surface area contributed by atoms with Crippen molar-refractivity contribution in [3.8, 4) is 22.8 Å². The van der Waals surface area contributed by atoms with Gasteiger partial charge in [0.2, 0.25) is 11.7 Å². The number of rotatable bonds is 6. The minimum Gasteiger partial charge on any atom is -0.356 e. The maximum absolute atomic E-state index is 12.7. The fourth-order valence-corrected chi connectivity index (χ4v) is 4.48. The first-order chi connectivity index (χ1) is 17.1. The molecule has 0 aliphatic carbocycles. The molecule has 1 N–H and O–H groups in total. The summed E-state index contributed by atoms with van der Waals surface area (Å²) in [6.45, 7) is 4.06. The maximum atomic E-state index is 12.7. The largest absolute Gasteiger partial charge is 0.356 e. The molecule has 0 saturated carbocycles. The highest BCUT2D eigenvalue weighted by molar-refractivity contribution is 6.30. The predicted molar refractivity (Wildman–Crippen MR) is 136 cm³/mol. The van der Waals surface area contributed by atoms with E-state index in [1.165, 1.54) is 5.56 Å². The van der Waals surface area contributed by atoms with Gasteiger partial charge in [-0.2, -0.15) is 4.98 Å². The highest BCUT2D eigenvalue weighted by Crippen LogP contribution is 2.32. The molecule has 0 radical (unpaired) electrons. The van der Waals surface area contributed by atoms with Crippen LogP contribution in [0.15, 0.2) is 71.4 Å². The molecule has 4 aromatic rings. The zero-order valence-electron chi connectivity index (χ0n) is 19.4. The number of amides is 1. The molecule has 2 aromatic heterocycles. The Labute approximate surface area is 209 Å². The third kappa shape index (κ3) is 5.35. The Morgan fingerprint density at radius 1 is 1.11 bits per heavy atom. The van der Waals surface area contributed by atoms with Crippen molar-refractivity contribution in [2.45, 2.75) is 26.3 Å². The lowest BCUT2D eigenvalue weighted by atomic mass is 9.95. The number of hydrogen-bond donors (Lipinski definition) is 1. The highest BCUT2D eigenvalue weighted by atomic mass is 35.5. The number of hydrogen-bond acceptors (Lipinski definition) is 6. The zero-order chi connectivity index (χ0) is 24.2. The van der Waals surface area contributed by atoms with Gasteiger partial charge in [0.1, 0.15) is 5.82 Å². The van der Waals surface area contributed by atoms with Crippen molar-refractivity contribution < 1.29 is 9.32 Å². The SMILES string of the molecule is Cc1ccc(CNC(=O)C2CCN(c3ncccc3-c3nc(-c4cccc(Cl)c4)no3)CC2)cc1. The highest BCUT2D eigenvalue weighted by Gasteiger charge is 2.27. The van der Waals surface area contributed by atoms with E-state index < -0.39 is 0 Å². The summed E-state index contributed by atoms with van der Waals surface area (Å²) in [5.41, 5.74) is 3.88. The van der Waals surface area contributed by atoms with E-state index in [9.17, 15) is 4.79 Å². The van der Waals surface area contributed by atoms with Crippen LogP contribution < -0.4 is 10.2 Å². The molecule has 0 atom stereocenters. The van der Waals surface area contributed by atoms with Gasteiger partial charge in [0.25, 0.3) is 5.89 Å². The Bertz CT molecular complexity index is 1310. The number of nitrogens with zero attached hydrogens (tertiary/aromatic N) is 4. The smallest absolute Gasteiger partial charge is 0.261 e. The molecular weight excluding hydrogens is 462 g/mol. The number of piperidine rings is 1. The first kappa shape index (κ1) is 23.1. The number of pyridine rings is 1. The second kappa shape index (κ2) is 10.3. The Balaban J connectivity index is 1.24. The lowest BCUT2D eigenvalue weighted by molar-refractivity contribution is -0.125. The summed E-state index contributed by atoms with van der Waals surface area (Å²) in [4.78, 5) is 24.1. The van der Waals surface area contributed by atoms with Gasteiger partial charge in [-0.25, -0.2) is 4.98 Å². The van der Waals surface area contributed by atoms with Gasteiger partial charge in [-0.15, -0.1) is 0 Å². The summed E-state index contributed by atoms with van der Waals surface area (Å²) in [5, 5.41) is 7.83. The van der Waals surface area contributed by atoms with Crippen molar-refractivity contribution >= 4 is 23.3 Å². The third-order valence-electron chi connectivity index (χ3n) is 6.28. The standard InChI is InChI=1S/C27H26ClN5O2/c1-18-7-9-19(10-8-18)17-30-26(34)20-11-14-33(15-12-20)25-23(6-3-13-29-25)27-31-24(32-35-27)21-4-2-5-22(28)16-21/h2-10,13,16,20H,11-12,14-15,17H2,1H3,(H,30,34). The van der Waals surface area contributed by atoms with Crippen LogP contribution in [-0.4, -0.2) is 34.1 Å². The van der Waals surface area contributed by atoms with Gasteiger partial charge >= 0.3 is 0 Å². The van der Waals surface area contributed by atoms with Crippen LogP contribution in [0.5, 0.6) is 0 Å². The van der Waals surface area contributed by atoms with E-state index in [1.807, 2.05) is 24.3 Å². The summed E-state index contributed by atoms with van der Waals surface area (Å²) in [6, 6.07) is 19.4. The van der Waals surface area contributed by atoms with Crippen LogP contribution in [0.2, 0.25) is 5.02 Å². The van der Waals surface area contributed by atoms with Crippen LogP contribution >= 0.6 is 11.6 Å². The molecule has 1 aliphatic rings. The molecule has 2 aromatic carbocycles. The lowest BCUT2D eigenvalue weighted by Crippen LogP contribution is -2.40. The molecule has 7 nitrogen and oxygen atoms in total. The van der Waals surface area contributed by atoms with E-state index in [1.54, 1.807) is 18.3 Å². The van der Waals surface area contributed by atoms with Gasteiger partial charge < -0.3 is 14.7 Å². The van der Waals surface area contributed by atoms with E-state index in [0.29, 0.717) is 23.3 Å². The van der Waals surface area contributed by atoms with Crippen molar-refractivity contribution in [1.29, 1.82) is 0 Å². The number of carbonyl (C=O) groups is 1. The molecule has 0 bridgehead atoms. The molecule has 5 rings (SSSR count). The number of nitrogens with one attached hydrogen (secondary N) is 1. The normalized spacial score (nSPS) is 14.2. The number of halogens is 1. The van der Waals surface area contributed by atoms with Crippen LogP contribution in [0.1, 0.15) is 24.0 Å². The van der Waals surface area contributed by atoms with Gasteiger partial charge in [-0.05, 0) is 49.6 Å². The van der Waals surface area contributed by atoms with Crippen molar-refractivity contribution in [3.63, 3.8) is 0 Å². The van der Waals surface area contributed by atoms with Crippen LogP contribution in [0.25, 0.3) is 22.8 Å². The fourth-order valence-electron chi connectivity index (χ4n) is 4.29. The molecule has 1 fully saturated rings. The Morgan fingerprint density at radius 2 is 1.91 bits per heavy atom. The van der Waals surface area contributed by atoms with Gasteiger partial charge in [0, 0.05) is 42.3 Å². The zero-order valence-corrected chi connectivity index (χ0v) is 20.2. The molecule has 178 valence electrons. The van der Waals surface area contributed by atoms with Crippen LogP contribution in [0.3, 0.4) is 0 Å². The number of aromatic nitrogens is 3. The molecule has 8 heteroatoms. The molecule has 35 heavy (non-hydrogen) atoms. The van der Waals surface area contributed by atoms with E-state index in [0.717, 1.165) is 48.4 Å². The monoisotopic (exact) mass is 487 g/mol. The predicted octanol–water partition coefficient (Wildman–Crippen LogP) is 5.29. The van der Waals surface area contributed by atoms with Gasteiger partial charge in [0.05, 0.1) is 5.56 Å². The number of benzene rings is 2. The summed E-state index contributed by atoms with van der Waals surface area (Å²) >= 11 is 6.10. The van der Waals surface area contributed by atoms with Gasteiger partial charge in [-0.1, -0.05) is 58.7 Å². The van der Waals surface area contributed by atoms with Crippen molar-refractivity contribution in [1.82, 2.24) is 20.4 Å². The Hall–Kier alpha value is -3.71. The Morgan fingerprint density at radius 3 is 2.69 bits per heavy atom. The van der Waals surface area contributed by atoms with Crippen molar-refractivity contribution in [2.24, 2.45) is 5.92 Å². The van der Waals surface area contributed by atoms with Crippen molar-refractivity contribution in [2.75, 3.05) is 18.0 Å². The molecule has 1 amide bonds. The van der Waals surface area contributed by atoms with Crippen LogP contribution in [0, 0.1) is 12.8 Å². The molecule has 1 saturated heterocycles.